The highest BCUT2D eigenvalue weighted by Gasteiger charge is 2.66. The Kier molecular flexibility index (Phi) is 1.06. The minimum atomic E-state index is -0.107. The minimum absolute atomic E-state index is 0.107. The molecular formula is C9H14O2. The monoisotopic (exact) mass is 154 g/mol. The third-order valence-corrected chi connectivity index (χ3v) is 3.67. The first-order valence-electron chi connectivity index (χ1n) is 4.61. The van der Waals surface area contributed by atoms with Gasteiger partial charge in [0.05, 0.1) is 13.2 Å². The van der Waals surface area contributed by atoms with Crippen LogP contribution in [0.2, 0.25) is 0 Å². The SMILES string of the molecule is C[C@@H]1C2CCC3(OCCO3)C21. The molecule has 1 saturated heterocycles. The zero-order chi connectivity index (χ0) is 7.47. The smallest absolute Gasteiger partial charge is 0.171 e. The van der Waals surface area contributed by atoms with E-state index in [2.05, 4.69) is 6.92 Å². The molecule has 2 unspecified atom stereocenters. The van der Waals surface area contributed by atoms with Crippen LogP contribution in [0.25, 0.3) is 0 Å². The van der Waals surface area contributed by atoms with E-state index in [0.717, 1.165) is 37.4 Å². The van der Waals surface area contributed by atoms with Gasteiger partial charge in [0, 0.05) is 12.3 Å². The molecule has 0 aromatic rings. The molecule has 2 aliphatic carbocycles. The molecule has 0 aromatic heterocycles. The largest absolute Gasteiger partial charge is 0.347 e. The van der Waals surface area contributed by atoms with E-state index in [1.807, 2.05) is 0 Å². The van der Waals surface area contributed by atoms with Crippen LogP contribution in [0.5, 0.6) is 0 Å². The molecule has 0 radical (unpaired) electrons. The Morgan fingerprint density at radius 1 is 1.27 bits per heavy atom. The maximum atomic E-state index is 5.70. The summed E-state index contributed by atoms with van der Waals surface area (Å²) in [5.41, 5.74) is 0. The van der Waals surface area contributed by atoms with Gasteiger partial charge in [0.25, 0.3) is 0 Å². The first-order chi connectivity index (χ1) is 5.33. The van der Waals surface area contributed by atoms with E-state index >= 15 is 0 Å². The van der Waals surface area contributed by atoms with Crippen LogP contribution in [0, 0.1) is 17.8 Å². The first-order valence-corrected chi connectivity index (χ1v) is 4.61. The van der Waals surface area contributed by atoms with Crippen molar-refractivity contribution in [3.8, 4) is 0 Å². The molecule has 1 heterocycles. The van der Waals surface area contributed by atoms with Gasteiger partial charge < -0.3 is 9.47 Å². The summed E-state index contributed by atoms with van der Waals surface area (Å²) in [4.78, 5) is 0. The molecule has 62 valence electrons. The zero-order valence-electron chi connectivity index (χ0n) is 6.88. The van der Waals surface area contributed by atoms with Crippen LogP contribution >= 0.6 is 0 Å². The lowest BCUT2D eigenvalue weighted by molar-refractivity contribution is -0.170. The molecule has 3 aliphatic rings. The van der Waals surface area contributed by atoms with Gasteiger partial charge in [-0.2, -0.15) is 0 Å². The van der Waals surface area contributed by atoms with Crippen molar-refractivity contribution in [2.75, 3.05) is 13.2 Å². The van der Waals surface area contributed by atoms with Crippen LogP contribution in [-0.4, -0.2) is 19.0 Å². The first kappa shape index (κ1) is 6.44. The molecule has 0 bridgehead atoms. The lowest BCUT2D eigenvalue weighted by Crippen LogP contribution is -2.30. The Balaban J connectivity index is 1.87. The van der Waals surface area contributed by atoms with Crippen molar-refractivity contribution >= 4 is 0 Å². The standard InChI is InChI=1S/C9H14O2/c1-6-7-2-3-9(8(6)7)10-4-5-11-9/h6-8H,2-5H2,1H3/t6-,7?,8?/m1/s1. The third-order valence-electron chi connectivity index (χ3n) is 3.67. The van der Waals surface area contributed by atoms with Crippen molar-refractivity contribution in [2.24, 2.45) is 17.8 Å². The van der Waals surface area contributed by atoms with Gasteiger partial charge in [-0.3, -0.25) is 0 Å². The van der Waals surface area contributed by atoms with Gasteiger partial charge in [-0.05, 0) is 18.3 Å². The van der Waals surface area contributed by atoms with Crippen LogP contribution in [0.15, 0.2) is 0 Å². The maximum absolute atomic E-state index is 5.70. The quantitative estimate of drug-likeness (QED) is 0.525. The van der Waals surface area contributed by atoms with Gasteiger partial charge in [0.1, 0.15) is 0 Å². The van der Waals surface area contributed by atoms with Crippen molar-refractivity contribution < 1.29 is 9.47 Å². The second kappa shape index (κ2) is 1.80. The van der Waals surface area contributed by atoms with E-state index in [1.54, 1.807) is 0 Å². The molecule has 2 saturated carbocycles. The van der Waals surface area contributed by atoms with Crippen LogP contribution in [0.3, 0.4) is 0 Å². The summed E-state index contributed by atoms with van der Waals surface area (Å²) >= 11 is 0. The topological polar surface area (TPSA) is 18.5 Å². The molecule has 11 heavy (non-hydrogen) atoms. The predicted octanol–water partition coefficient (Wildman–Crippen LogP) is 1.41. The van der Waals surface area contributed by atoms with Gasteiger partial charge in [-0.25, -0.2) is 0 Å². The van der Waals surface area contributed by atoms with Crippen molar-refractivity contribution in [1.82, 2.24) is 0 Å². The Bertz CT molecular complexity index is 178. The normalized spacial score (nSPS) is 51.5. The second-order valence-electron chi connectivity index (χ2n) is 4.10. The highest BCUT2D eigenvalue weighted by Crippen LogP contribution is 2.64. The minimum Gasteiger partial charge on any atom is -0.347 e. The average Bonchev–Trinajstić information content (AvgIpc) is 2.52. The van der Waals surface area contributed by atoms with Gasteiger partial charge in [0.15, 0.2) is 5.79 Å². The molecule has 0 N–H and O–H groups in total. The summed E-state index contributed by atoms with van der Waals surface area (Å²) in [6, 6.07) is 0. The fourth-order valence-electron chi connectivity index (χ4n) is 3.06. The van der Waals surface area contributed by atoms with E-state index < -0.39 is 0 Å². The third kappa shape index (κ3) is 0.651. The Labute approximate surface area is 66.9 Å². The lowest BCUT2D eigenvalue weighted by Gasteiger charge is -2.24. The van der Waals surface area contributed by atoms with E-state index in [1.165, 1.54) is 6.42 Å². The van der Waals surface area contributed by atoms with Crippen LogP contribution < -0.4 is 0 Å². The number of hydrogen-bond acceptors (Lipinski definition) is 2. The summed E-state index contributed by atoms with van der Waals surface area (Å²) < 4.78 is 11.4. The highest BCUT2D eigenvalue weighted by molar-refractivity contribution is 5.09. The number of fused-ring (bicyclic) bond motifs is 2. The molecule has 1 aliphatic heterocycles. The molecule has 2 nitrogen and oxygen atoms in total. The van der Waals surface area contributed by atoms with Crippen LogP contribution in [0.1, 0.15) is 19.8 Å². The Morgan fingerprint density at radius 3 is 2.55 bits per heavy atom. The summed E-state index contributed by atoms with van der Waals surface area (Å²) in [5, 5.41) is 0. The Morgan fingerprint density at radius 2 is 2.00 bits per heavy atom. The summed E-state index contributed by atoms with van der Waals surface area (Å²) in [5.74, 6) is 2.42. The van der Waals surface area contributed by atoms with Gasteiger partial charge in [-0.1, -0.05) is 6.92 Å². The second-order valence-corrected chi connectivity index (χ2v) is 4.10. The highest BCUT2D eigenvalue weighted by atomic mass is 16.7. The summed E-state index contributed by atoms with van der Waals surface area (Å²) in [6.45, 7) is 3.95. The summed E-state index contributed by atoms with van der Waals surface area (Å²) in [6.07, 6.45) is 2.47. The van der Waals surface area contributed by atoms with Crippen LogP contribution in [-0.2, 0) is 9.47 Å². The van der Waals surface area contributed by atoms with Gasteiger partial charge >= 0.3 is 0 Å². The maximum Gasteiger partial charge on any atom is 0.171 e. The van der Waals surface area contributed by atoms with Crippen molar-refractivity contribution in [3.05, 3.63) is 0 Å². The molecule has 1 spiro atoms. The van der Waals surface area contributed by atoms with Crippen molar-refractivity contribution in [2.45, 2.75) is 25.6 Å². The van der Waals surface area contributed by atoms with E-state index in [9.17, 15) is 0 Å². The van der Waals surface area contributed by atoms with Crippen molar-refractivity contribution in [1.29, 1.82) is 0 Å². The number of ether oxygens (including phenoxy) is 2. The van der Waals surface area contributed by atoms with Gasteiger partial charge in [0.2, 0.25) is 0 Å². The lowest BCUT2D eigenvalue weighted by atomic mass is 10.1. The molecular weight excluding hydrogens is 140 g/mol. The average molecular weight is 154 g/mol. The fraction of sp³-hybridized carbons (Fsp3) is 1.00. The summed E-state index contributed by atoms with van der Waals surface area (Å²) in [7, 11) is 0. The Hall–Kier alpha value is -0.0800. The zero-order valence-corrected chi connectivity index (χ0v) is 6.88. The molecule has 0 aromatic carbocycles. The molecule has 3 rings (SSSR count). The van der Waals surface area contributed by atoms with E-state index in [4.69, 9.17) is 9.47 Å². The molecule has 0 amide bonds. The van der Waals surface area contributed by atoms with E-state index in [0.29, 0.717) is 0 Å². The number of hydrogen-bond donors (Lipinski definition) is 0. The molecule has 3 atom stereocenters. The molecule has 2 heteroatoms. The molecule has 3 fully saturated rings. The number of rotatable bonds is 0. The predicted molar refractivity (Wildman–Crippen MR) is 40.0 cm³/mol. The van der Waals surface area contributed by atoms with Crippen LogP contribution in [0.4, 0.5) is 0 Å². The van der Waals surface area contributed by atoms with Gasteiger partial charge in [-0.15, -0.1) is 0 Å². The van der Waals surface area contributed by atoms with Crippen molar-refractivity contribution in [3.63, 3.8) is 0 Å². The fourth-order valence-corrected chi connectivity index (χ4v) is 3.06. The van der Waals surface area contributed by atoms with E-state index in [-0.39, 0.29) is 5.79 Å².